The van der Waals surface area contributed by atoms with Gasteiger partial charge in [-0.3, -0.25) is 4.79 Å². The summed E-state index contributed by atoms with van der Waals surface area (Å²) in [7, 11) is 0. The van der Waals surface area contributed by atoms with Crippen LogP contribution in [0.3, 0.4) is 0 Å². The van der Waals surface area contributed by atoms with E-state index in [0.29, 0.717) is 23.4 Å². The number of benzene rings is 1. The zero-order chi connectivity index (χ0) is 19.3. The molecule has 1 amide bonds. The molecule has 0 bridgehead atoms. The van der Waals surface area contributed by atoms with Gasteiger partial charge in [-0.15, -0.1) is 0 Å². The van der Waals surface area contributed by atoms with E-state index in [9.17, 15) is 14.0 Å². The van der Waals surface area contributed by atoms with Crippen LogP contribution < -0.4 is 5.32 Å². The Morgan fingerprint density at radius 1 is 1.35 bits per heavy atom. The van der Waals surface area contributed by atoms with E-state index in [1.807, 2.05) is 13.8 Å². The van der Waals surface area contributed by atoms with Gasteiger partial charge in [0, 0.05) is 18.4 Å². The number of nitrogens with zero attached hydrogens (tertiary/aromatic N) is 2. The first-order chi connectivity index (χ1) is 12.3. The molecule has 0 saturated carbocycles. The van der Waals surface area contributed by atoms with Crippen LogP contribution in [-0.2, 0) is 16.0 Å². The van der Waals surface area contributed by atoms with Crippen molar-refractivity contribution in [3.63, 3.8) is 0 Å². The van der Waals surface area contributed by atoms with Crippen molar-refractivity contribution in [1.29, 1.82) is 0 Å². The largest absolute Gasteiger partial charge is 0.480 e. The number of hydrogen-bond donors (Lipinski definition) is 2. The number of carbonyl (C=O) groups excluding carboxylic acids is 1. The van der Waals surface area contributed by atoms with E-state index in [-0.39, 0.29) is 30.5 Å². The molecule has 1 atom stereocenters. The first-order valence-corrected chi connectivity index (χ1v) is 8.37. The normalized spacial score (nSPS) is 12.2. The van der Waals surface area contributed by atoms with Crippen LogP contribution in [-0.4, -0.2) is 33.2 Å². The number of aryl methyl sites for hydroxylation is 2. The lowest BCUT2D eigenvalue weighted by atomic mass is 10.0. The van der Waals surface area contributed by atoms with Gasteiger partial charge < -0.3 is 14.9 Å². The summed E-state index contributed by atoms with van der Waals surface area (Å²) in [5.74, 6) is -1.05. The van der Waals surface area contributed by atoms with E-state index in [4.69, 9.17) is 9.63 Å². The van der Waals surface area contributed by atoms with Crippen molar-refractivity contribution in [3.8, 4) is 11.4 Å². The Morgan fingerprint density at radius 3 is 2.69 bits per heavy atom. The summed E-state index contributed by atoms with van der Waals surface area (Å²) >= 11 is 0. The van der Waals surface area contributed by atoms with Crippen LogP contribution in [0.2, 0.25) is 0 Å². The topological polar surface area (TPSA) is 105 Å². The minimum absolute atomic E-state index is 0.0337. The highest BCUT2D eigenvalue weighted by molar-refractivity contribution is 5.83. The van der Waals surface area contributed by atoms with E-state index in [1.165, 1.54) is 6.07 Å². The van der Waals surface area contributed by atoms with Crippen LogP contribution in [0.5, 0.6) is 0 Å². The summed E-state index contributed by atoms with van der Waals surface area (Å²) in [6.07, 6.45) is 0.578. The molecule has 0 spiro atoms. The minimum atomic E-state index is -1.06. The van der Waals surface area contributed by atoms with Crippen molar-refractivity contribution >= 4 is 11.9 Å². The van der Waals surface area contributed by atoms with Crippen LogP contribution in [0.25, 0.3) is 11.4 Å². The van der Waals surface area contributed by atoms with Crippen LogP contribution in [0.15, 0.2) is 22.7 Å². The molecule has 0 aliphatic carbocycles. The number of aromatic nitrogens is 2. The monoisotopic (exact) mass is 363 g/mol. The van der Waals surface area contributed by atoms with Crippen LogP contribution in [0.1, 0.15) is 38.1 Å². The summed E-state index contributed by atoms with van der Waals surface area (Å²) < 4.78 is 18.4. The van der Waals surface area contributed by atoms with Gasteiger partial charge in [0.2, 0.25) is 17.6 Å². The summed E-state index contributed by atoms with van der Waals surface area (Å²) in [4.78, 5) is 27.3. The highest BCUT2D eigenvalue weighted by Crippen LogP contribution is 2.19. The molecule has 0 aliphatic rings. The van der Waals surface area contributed by atoms with E-state index >= 15 is 0 Å². The lowest BCUT2D eigenvalue weighted by Crippen LogP contribution is -2.41. The predicted molar refractivity (Wildman–Crippen MR) is 91.8 cm³/mol. The molecule has 8 heteroatoms. The second-order valence-electron chi connectivity index (χ2n) is 6.56. The van der Waals surface area contributed by atoms with Crippen molar-refractivity contribution in [1.82, 2.24) is 15.5 Å². The van der Waals surface area contributed by atoms with E-state index in [1.54, 1.807) is 19.1 Å². The number of aliphatic carboxylic acids is 1. The van der Waals surface area contributed by atoms with Gasteiger partial charge in [-0.2, -0.15) is 4.98 Å². The molecular weight excluding hydrogens is 341 g/mol. The maximum atomic E-state index is 13.3. The number of amides is 1. The second-order valence-corrected chi connectivity index (χ2v) is 6.56. The number of carbonyl (C=O) groups is 2. The van der Waals surface area contributed by atoms with Crippen LogP contribution >= 0.6 is 0 Å². The van der Waals surface area contributed by atoms with Gasteiger partial charge in [0.15, 0.2) is 0 Å². The van der Waals surface area contributed by atoms with Gasteiger partial charge in [0.05, 0.1) is 0 Å². The van der Waals surface area contributed by atoms with Crippen LogP contribution in [0.4, 0.5) is 4.39 Å². The van der Waals surface area contributed by atoms with Gasteiger partial charge >= 0.3 is 5.97 Å². The third kappa shape index (κ3) is 5.37. The molecule has 140 valence electrons. The number of carboxylic acids is 1. The first kappa shape index (κ1) is 19.6. The van der Waals surface area contributed by atoms with E-state index in [0.717, 1.165) is 0 Å². The van der Waals surface area contributed by atoms with Gasteiger partial charge in [-0.25, -0.2) is 9.18 Å². The summed E-state index contributed by atoms with van der Waals surface area (Å²) in [5.41, 5.74) is 1.09. The summed E-state index contributed by atoms with van der Waals surface area (Å²) in [6.45, 7) is 5.42. The quantitative estimate of drug-likeness (QED) is 0.747. The molecule has 1 heterocycles. The standard InChI is InChI=1S/C18H22FN3O4/c1-10(2)8-14(18(24)25)20-15(23)6-7-16-21-17(22-26-16)12-4-5-13(19)11(3)9-12/h4-5,9-10,14H,6-8H2,1-3H3,(H,20,23)(H,24,25)/t14-/m0/s1. The first-order valence-electron chi connectivity index (χ1n) is 8.37. The Hall–Kier alpha value is -2.77. The fourth-order valence-electron chi connectivity index (χ4n) is 2.44. The highest BCUT2D eigenvalue weighted by Gasteiger charge is 2.21. The molecule has 0 aliphatic heterocycles. The van der Waals surface area contributed by atoms with Gasteiger partial charge in [0.1, 0.15) is 11.9 Å². The van der Waals surface area contributed by atoms with Gasteiger partial charge in [-0.1, -0.05) is 19.0 Å². The SMILES string of the molecule is Cc1cc(-c2noc(CCC(=O)N[C@@H](CC(C)C)C(=O)O)n2)ccc1F. The molecular formula is C18H22FN3O4. The fraction of sp³-hybridized carbons (Fsp3) is 0.444. The number of hydrogen-bond acceptors (Lipinski definition) is 5. The molecule has 2 aromatic rings. The van der Waals surface area contributed by atoms with Crippen LogP contribution in [0, 0.1) is 18.7 Å². The van der Waals surface area contributed by atoms with Crippen molar-refractivity contribution in [2.75, 3.05) is 0 Å². The molecule has 26 heavy (non-hydrogen) atoms. The Balaban J connectivity index is 1.93. The molecule has 1 aromatic heterocycles. The zero-order valence-electron chi connectivity index (χ0n) is 15.0. The molecule has 0 saturated heterocycles. The van der Waals surface area contributed by atoms with Gasteiger partial charge in [-0.05, 0) is 43.0 Å². The minimum Gasteiger partial charge on any atom is -0.480 e. The molecule has 2 rings (SSSR count). The predicted octanol–water partition coefficient (Wildman–Crippen LogP) is 2.73. The molecule has 2 N–H and O–H groups in total. The summed E-state index contributed by atoms with van der Waals surface area (Å²) in [6, 6.07) is 3.57. The fourth-order valence-corrected chi connectivity index (χ4v) is 2.44. The average molecular weight is 363 g/mol. The van der Waals surface area contributed by atoms with Gasteiger partial charge in [0.25, 0.3) is 0 Å². The Labute approximate surface area is 150 Å². The lowest BCUT2D eigenvalue weighted by molar-refractivity contribution is -0.142. The molecule has 7 nitrogen and oxygen atoms in total. The number of halogens is 1. The number of carboxylic acid groups (broad SMARTS) is 1. The van der Waals surface area contributed by atoms with Crippen molar-refractivity contribution in [2.24, 2.45) is 5.92 Å². The summed E-state index contributed by atoms with van der Waals surface area (Å²) in [5, 5.41) is 15.5. The smallest absolute Gasteiger partial charge is 0.326 e. The highest BCUT2D eigenvalue weighted by atomic mass is 19.1. The number of rotatable bonds is 8. The molecule has 0 fully saturated rings. The number of nitrogens with one attached hydrogen (secondary N) is 1. The average Bonchev–Trinajstić information content (AvgIpc) is 3.03. The van der Waals surface area contributed by atoms with Crippen molar-refractivity contribution in [3.05, 3.63) is 35.5 Å². The Morgan fingerprint density at radius 2 is 2.08 bits per heavy atom. The van der Waals surface area contributed by atoms with Crippen molar-refractivity contribution in [2.45, 2.75) is 46.1 Å². The third-order valence-corrected chi connectivity index (χ3v) is 3.79. The maximum Gasteiger partial charge on any atom is 0.326 e. The Bertz CT molecular complexity index is 788. The Kier molecular flexibility index (Phi) is 6.43. The lowest BCUT2D eigenvalue weighted by Gasteiger charge is -2.16. The van der Waals surface area contributed by atoms with Crippen molar-refractivity contribution < 1.29 is 23.6 Å². The van der Waals surface area contributed by atoms with E-state index in [2.05, 4.69) is 15.5 Å². The third-order valence-electron chi connectivity index (χ3n) is 3.79. The maximum absolute atomic E-state index is 13.3. The second kappa shape index (κ2) is 8.55. The molecule has 1 aromatic carbocycles. The zero-order valence-corrected chi connectivity index (χ0v) is 15.0. The molecule has 0 unspecified atom stereocenters. The molecule has 0 radical (unpaired) electrons. The van der Waals surface area contributed by atoms with E-state index < -0.39 is 17.9 Å².